The van der Waals surface area contributed by atoms with Gasteiger partial charge in [0.25, 0.3) is 0 Å². The van der Waals surface area contributed by atoms with Gasteiger partial charge in [-0.3, -0.25) is 4.90 Å². The monoisotopic (exact) mass is 219 g/mol. The van der Waals surface area contributed by atoms with Crippen molar-refractivity contribution >= 4 is 11.6 Å². The van der Waals surface area contributed by atoms with Crippen molar-refractivity contribution in [3.8, 4) is 0 Å². The zero-order valence-corrected chi connectivity index (χ0v) is 9.17. The SMILES string of the molecule is C=C(Cl)CN1CCC(OCCO)CC1. The van der Waals surface area contributed by atoms with Crippen LogP contribution in [0.15, 0.2) is 11.6 Å². The van der Waals surface area contributed by atoms with Gasteiger partial charge in [-0.1, -0.05) is 18.2 Å². The second kappa shape index (κ2) is 6.40. The molecule has 1 N–H and O–H groups in total. The molecule has 0 saturated carbocycles. The van der Waals surface area contributed by atoms with Crippen LogP contribution in [0.3, 0.4) is 0 Å². The number of aliphatic hydroxyl groups excluding tert-OH is 1. The molecular formula is C10H18ClNO2. The van der Waals surface area contributed by atoms with E-state index in [4.69, 9.17) is 21.4 Å². The van der Waals surface area contributed by atoms with E-state index in [9.17, 15) is 0 Å². The molecule has 0 unspecified atom stereocenters. The Morgan fingerprint density at radius 3 is 2.64 bits per heavy atom. The first-order valence-electron chi connectivity index (χ1n) is 5.00. The lowest BCUT2D eigenvalue weighted by atomic mass is 10.1. The van der Waals surface area contributed by atoms with E-state index in [1.165, 1.54) is 0 Å². The second-order valence-corrected chi connectivity index (χ2v) is 4.12. The number of nitrogens with zero attached hydrogens (tertiary/aromatic N) is 1. The van der Waals surface area contributed by atoms with Crippen LogP contribution in [-0.2, 0) is 4.74 Å². The van der Waals surface area contributed by atoms with E-state index < -0.39 is 0 Å². The molecular weight excluding hydrogens is 202 g/mol. The lowest BCUT2D eigenvalue weighted by Crippen LogP contribution is -2.37. The fourth-order valence-electron chi connectivity index (χ4n) is 1.70. The zero-order valence-electron chi connectivity index (χ0n) is 8.41. The first-order chi connectivity index (χ1) is 6.72. The van der Waals surface area contributed by atoms with Gasteiger partial charge in [-0.05, 0) is 12.8 Å². The first kappa shape index (κ1) is 12.0. The van der Waals surface area contributed by atoms with Crippen molar-refractivity contribution in [1.82, 2.24) is 4.90 Å². The highest BCUT2D eigenvalue weighted by Gasteiger charge is 2.19. The van der Waals surface area contributed by atoms with Crippen LogP contribution in [0.25, 0.3) is 0 Å². The molecule has 1 fully saturated rings. The van der Waals surface area contributed by atoms with E-state index in [0.29, 0.717) is 17.7 Å². The van der Waals surface area contributed by atoms with Crippen molar-refractivity contribution in [2.45, 2.75) is 18.9 Å². The molecule has 1 aliphatic rings. The van der Waals surface area contributed by atoms with Gasteiger partial charge in [0.05, 0.1) is 19.3 Å². The molecule has 1 aliphatic heterocycles. The van der Waals surface area contributed by atoms with E-state index >= 15 is 0 Å². The quantitative estimate of drug-likeness (QED) is 0.755. The highest BCUT2D eigenvalue weighted by Crippen LogP contribution is 2.15. The molecule has 0 aromatic rings. The standard InChI is InChI=1S/C10H18ClNO2/c1-9(11)8-12-4-2-10(3-5-12)14-7-6-13/h10,13H,1-8H2. The summed E-state index contributed by atoms with van der Waals surface area (Å²) in [5, 5.41) is 9.30. The molecule has 1 saturated heterocycles. The van der Waals surface area contributed by atoms with Crippen LogP contribution in [0.4, 0.5) is 0 Å². The number of hydrogen-bond acceptors (Lipinski definition) is 3. The van der Waals surface area contributed by atoms with Crippen LogP contribution >= 0.6 is 11.6 Å². The molecule has 0 atom stereocenters. The van der Waals surface area contributed by atoms with E-state index in [-0.39, 0.29) is 6.61 Å². The summed E-state index contributed by atoms with van der Waals surface area (Å²) >= 11 is 5.73. The minimum Gasteiger partial charge on any atom is -0.394 e. The van der Waals surface area contributed by atoms with Crippen molar-refractivity contribution in [2.75, 3.05) is 32.8 Å². The topological polar surface area (TPSA) is 32.7 Å². The number of aliphatic hydroxyl groups is 1. The van der Waals surface area contributed by atoms with Gasteiger partial charge in [-0.15, -0.1) is 0 Å². The summed E-state index contributed by atoms with van der Waals surface area (Å²) in [6, 6.07) is 0. The highest BCUT2D eigenvalue weighted by molar-refractivity contribution is 6.29. The summed E-state index contributed by atoms with van der Waals surface area (Å²) in [7, 11) is 0. The molecule has 0 amide bonds. The van der Waals surface area contributed by atoms with Gasteiger partial charge < -0.3 is 9.84 Å². The zero-order chi connectivity index (χ0) is 10.4. The second-order valence-electron chi connectivity index (χ2n) is 3.59. The summed E-state index contributed by atoms with van der Waals surface area (Å²) < 4.78 is 5.45. The lowest BCUT2D eigenvalue weighted by Gasteiger charge is -2.31. The van der Waals surface area contributed by atoms with Crippen LogP contribution < -0.4 is 0 Å². The predicted octanol–water partition coefficient (Wildman–Crippen LogP) is 1.21. The summed E-state index contributed by atoms with van der Waals surface area (Å²) in [5.41, 5.74) is 0. The molecule has 0 radical (unpaired) electrons. The van der Waals surface area contributed by atoms with Crippen molar-refractivity contribution < 1.29 is 9.84 Å². The molecule has 0 aromatic heterocycles. The van der Waals surface area contributed by atoms with E-state index in [1.807, 2.05) is 0 Å². The Morgan fingerprint density at radius 1 is 1.50 bits per heavy atom. The van der Waals surface area contributed by atoms with Gasteiger partial charge >= 0.3 is 0 Å². The molecule has 82 valence electrons. The van der Waals surface area contributed by atoms with Gasteiger partial charge in [0.1, 0.15) is 0 Å². The summed E-state index contributed by atoms with van der Waals surface area (Å²) in [5.74, 6) is 0. The number of rotatable bonds is 5. The Bertz CT molecular complexity index is 179. The van der Waals surface area contributed by atoms with Gasteiger partial charge in [0.2, 0.25) is 0 Å². The molecule has 4 heteroatoms. The lowest BCUT2D eigenvalue weighted by molar-refractivity contribution is -0.00603. The Hall–Kier alpha value is -0.0900. The Labute approximate surface area is 90.3 Å². The Morgan fingerprint density at radius 2 is 2.14 bits per heavy atom. The van der Waals surface area contributed by atoms with Crippen LogP contribution in [-0.4, -0.2) is 49.0 Å². The molecule has 1 heterocycles. The van der Waals surface area contributed by atoms with Gasteiger partial charge in [-0.25, -0.2) is 0 Å². The van der Waals surface area contributed by atoms with Crippen LogP contribution in [0.2, 0.25) is 0 Å². The number of piperidine rings is 1. The summed E-state index contributed by atoms with van der Waals surface area (Å²) in [6.45, 7) is 7.01. The van der Waals surface area contributed by atoms with Crippen LogP contribution in [0.5, 0.6) is 0 Å². The third-order valence-electron chi connectivity index (χ3n) is 2.37. The number of likely N-dealkylation sites (tertiary alicyclic amines) is 1. The predicted molar refractivity (Wildman–Crippen MR) is 57.5 cm³/mol. The summed E-state index contributed by atoms with van der Waals surface area (Å²) in [6.07, 6.45) is 2.34. The molecule has 3 nitrogen and oxygen atoms in total. The van der Waals surface area contributed by atoms with Gasteiger partial charge in [0, 0.05) is 24.7 Å². The normalized spacial score (nSPS) is 19.9. The molecule has 0 bridgehead atoms. The maximum absolute atomic E-state index is 8.60. The van der Waals surface area contributed by atoms with Crippen molar-refractivity contribution in [3.63, 3.8) is 0 Å². The number of ether oxygens (including phenoxy) is 1. The van der Waals surface area contributed by atoms with Crippen molar-refractivity contribution in [3.05, 3.63) is 11.6 Å². The summed E-state index contributed by atoms with van der Waals surface area (Å²) in [4.78, 5) is 2.27. The average molecular weight is 220 g/mol. The highest BCUT2D eigenvalue weighted by atomic mass is 35.5. The minimum absolute atomic E-state index is 0.110. The van der Waals surface area contributed by atoms with E-state index in [2.05, 4.69) is 11.5 Å². The maximum atomic E-state index is 8.60. The van der Waals surface area contributed by atoms with E-state index in [1.54, 1.807) is 0 Å². The Balaban J connectivity index is 2.14. The van der Waals surface area contributed by atoms with Gasteiger partial charge in [0.15, 0.2) is 0 Å². The smallest absolute Gasteiger partial charge is 0.0701 e. The Kier molecular flexibility index (Phi) is 5.48. The van der Waals surface area contributed by atoms with E-state index in [0.717, 1.165) is 32.5 Å². The largest absolute Gasteiger partial charge is 0.394 e. The fourth-order valence-corrected chi connectivity index (χ4v) is 1.87. The number of halogens is 1. The number of hydrogen-bond donors (Lipinski definition) is 1. The van der Waals surface area contributed by atoms with Crippen molar-refractivity contribution in [2.24, 2.45) is 0 Å². The third-order valence-corrected chi connectivity index (χ3v) is 2.49. The molecule has 14 heavy (non-hydrogen) atoms. The van der Waals surface area contributed by atoms with Crippen LogP contribution in [0.1, 0.15) is 12.8 Å². The maximum Gasteiger partial charge on any atom is 0.0701 e. The van der Waals surface area contributed by atoms with Crippen LogP contribution in [0, 0.1) is 0 Å². The average Bonchev–Trinajstić information content (AvgIpc) is 2.16. The molecule has 1 rings (SSSR count). The van der Waals surface area contributed by atoms with Gasteiger partial charge in [-0.2, -0.15) is 0 Å². The molecule has 0 aromatic carbocycles. The molecule has 0 aliphatic carbocycles. The third kappa shape index (κ3) is 4.42. The first-order valence-corrected chi connectivity index (χ1v) is 5.38. The fraction of sp³-hybridized carbons (Fsp3) is 0.800. The molecule has 0 spiro atoms. The minimum atomic E-state index is 0.110. The van der Waals surface area contributed by atoms with Crippen molar-refractivity contribution in [1.29, 1.82) is 0 Å².